The third-order valence-corrected chi connectivity index (χ3v) is 8.37. The number of aliphatic hydroxyl groups excluding tert-OH is 1. The van der Waals surface area contributed by atoms with E-state index in [1.165, 1.54) is 28.4 Å². The maximum absolute atomic E-state index is 12.2. The van der Waals surface area contributed by atoms with Crippen LogP contribution in [-0.2, 0) is 11.8 Å². The number of nitrogens with zero attached hydrogens (tertiary/aromatic N) is 2. The summed E-state index contributed by atoms with van der Waals surface area (Å²) in [5.74, 6) is 2.45. The average Bonchev–Trinajstić information content (AvgIpc) is 3.07. The summed E-state index contributed by atoms with van der Waals surface area (Å²) in [5, 5.41) is 34.2. The molecule has 2 aromatic rings. The van der Waals surface area contributed by atoms with E-state index in [2.05, 4.69) is 19.9 Å². The van der Waals surface area contributed by atoms with E-state index in [0.29, 0.717) is 65.3 Å². The minimum absolute atomic E-state index is 0.00333. The van der Waals surface area contributed by atoms with Gasteiger partial charge < -0.3 is 33.5 Å². The van der Waals surface area contributed by atoms with Crippen LogP contribution in [0, 0.1) is 21.4 Å². The lowest BCUT2D eigenvalue weighted by atomic mass is 9.74. The van der Waals surface area contributed by atoms with E-state index in [1.807, 2.05) is 6.92 Å². The molecule has 0 fully saturated rings. The van der Waals surface area contributed by atoms with Crippen LogP contribution in [0.2, 0.25) is 0 Å². The first-order valence-electron chi connectivity index (χ1n) is 16.2. The zero-order valence-electron chi connectivity index (χ0n) is 28.6. The number of aliphatic hydroxyl groups is 1. The fraction of sp³-hybridized carbons (Fsp3) is 0.629. The molecular weight excluding hydrogens is 592 g/mol. The van der Waals surface area contributed by atoms with Gasteiger partial charge in [0.25, 0.3) is 0 Å². The normalized spacial score (nSPS) is 13.5. The molecule has 11 nitrogen and oxygen atoms in total. The van der Waals surface area contributed by atoms with Crippen molar-refractivity contribution in [3.8, 4) is 40.6 Å². The number of hydrogen-bond donors (Lipinski definition) is 1. The van der Waals surface area contributed by atoms with Gasteiger partial charge in [0.1, 0.15) is 6.10 Å². The summed E-state index contributed by atoms with van der Waals surface area (Å²) in [6.45, 7) is 6.95. The molecule has 3 unspecified atom stereocenters. The minimum Gasteiger partial charge on any atom is -0.493 e. The van der Waals surface area contributed by atoms with E-state index in [0.717, 1.165) is 38.5 Å². The van der Waals surface area contributed by atoms with E-state index in [4.69, 9.17) is 28.4 Å². The van der Waals surface area contributed by atoms with Gasteiger partial charge in [-0.15, -0.1) is 0 Å². The van der Waals surface area contributed by atoms with E-state index in [9.17, 15) is 20.5 Å². The summed E-state index contributed by atoms with van der Waals surface area (Å²) in [4.78, 5) is 11.7. The van der Waals surface area contributed by atoms with Crippen LogP contribution in [0.15, 0.2) is 24.3 Å². The van der Waals surface area contributed by atoms with Crippen LogP contribution in [0.1, 0.15) is 89.7 Å². The van der Waals surface area contributed by atoms with E-state index in [-0.39, 0.29) is 19.3 Å². The van der Waals surface area contributed by atoms with E-state index >= 15 is 0 Å². The fourth-order valence-electron chi connectivity index (χ4n) is 5.53. The molecule has 2 aromatic carbocycles. The van der Waals surface area contributed by atoms with Gasteiger partial charge in [-0.2, -0.15) is 5.26 Å². The topological polar surface area (TPSA) is 143 Å². The highest BCUT2D eigenvalue weighted by Crippen LogP contribution is 2.52. The lowest BCUT2D eigenvalue weighted by molar-refractivity contribution is -0.534. The van der Waals surface area contributed by atoms with Crippen LogP contribution in [0.3, 0.4) is 0 Å². The third kappa shape index (κ3) is 9.79. The predicted molar refractivity (Wildman–Crippen MR) is 176 cm³/mol. The highest BCUT2D eigenvalue weighted by atomic mass is 16.6. The molecule has 0 aliphatic heterocycles. The molecule has 0 spiro atoms. The maximum Gasteiger partial charge on any atom is 0.242 e. The summed E-state index contributed by atoms with van der Waals surface area (Å²) < 4.78 is 34.7. The van der Waals surface area contributed by atoms with Crippen molar-refractivity contribution >= 4 is 0 Å². The number of methoxy groups -OCH3 is 4. The van der Waals surface area contributed by atoms with Crippen molar-refractivity contribution in [2.24, 2.45) is 0 Å². The second-order valence-corrected chi connectivity index (χ2v) is 11.3. The van der Waals surface area contributed by atoms with E-state index < -0.39 is 22.5 Å². The predicted octanol–water partition coefficient (Wildman–Crippen LogP) is 7.06. The molecule has 0 saturated carbocycles. The lowest BCUT2D eigenvalue weighted by Crippen LogP contribution is -2.37. The van der Waals surface area contributed by atoms with Crippen LogP contribution >= 0.6 is 0 Å². The van der Waals surface area contributed by atoms with Crippen molar-refractivity contribution in [1.29, 1.82) is 5.26 Å². The Morgan fingerprint density at radius 1 is 0.848 bits per heavy atom. The Morgan fingerprint density at radius 3 is 2.00 bits per heavy atom. The van der Waals surface area contributed by atoms with E-state index in [1.54, 1.807) is 24.3 Å². The Morgan fingerprint density at radius 2 is 1.48 bits per heavy atom. The number of unbranched alkanes of at least 4 members (excludes halogenated alkanes) is 4. The lowest BCUT2D eigenvalue weighted by Gasteiger charge is -2.31. The monoisotopic (exact) mass is 644 g/mol. The summed E-state index contributed by atoms with van der Waals surface area (Å²) in [6, 6.07) is 8.00. The number of nitro groups is 1. The molecule has 1 N–H and O–H groups in total. The quantitative estimate of drug-likeness (QED) is 0.0759. The molecule has 3 atom stereocenters. The molecule has 2 rings (SSSR count). The molecule has 0 aromatic heterocycles. The molecule has 0 aliphatic rings. The molecular formula is C35H52N2O9. The van der Waals surface area contributed by atoms with Gasteiger partial charge in [0.2, 0.25) is 17.5 Å². The number of nitriles is 1. The summed E-state index contributed by atoms with van der Waals surface area (Å²) in [5.41, 5.74) is -0.0121. The molecule has 0 amide bonds. The third-order valence-electron chi connectivity index (χ3n) is 8.37. The van der Waals surface area contributed by atoms with Gasteiger partial charge in [-0.05, 0) is 55.9 Å². The summed E-state index contributed by atoms with van der Waals surface area (Å²) >= 11 is 0. The van der Waals surface area contributed by atoms with Gasteiger partial charge in [-0.25, -0.2) is 0 Å². The number of hydrogen-bond acceptors (Lipinski definition) is 10. The SMILES string of the molecule is CCCCCOc1cc(C(C#N)(CC)CCC(O)C(Cc2ccc(OC)c(OC)c2)[N+](=O)[O-])c(OCCCCC)c(OC)c1OC. The van der Waals surface area contributed by atoms with Crippen molar-refractivity contribution in [3.63, 3.8) is 0 Å². The zero-order chi connectivity index (χ0) is 34.1. The second-order valence-electron chi connectivity index (χ2n) is 11.3. The van der Waals surface area contributed by atoms with Crippen LogP contribution in [-0.4, -0.2) is 63.8 Å². The first-order chi connectivity index (χ1) is 22.2. The van der Waals surface area contributed by atoms with Crippen LogP contribution in [0.5, 0.6) is 34.5 Å². The Balaban J connectivity index is 2.52. The molecule has 256 valence electrons. The van der Waals surface area contributed by atoms with Crippen molar-refractivity contribution in [2.75, 3.05) is 41.7 Å². The van der Waals surface area contributed by atoms with Gasteiger partial charge in [-0.3, -0.25) is 10.1 Å². The fourth-order valence-corrected chi connectivity index (χ4v) is 5.53. The molecule has 11 heteroatoms. The zero-order valence-corrected chi connectivity index (χ0v) is 28.6. The van der Waals surface area contributed by atoms with Gasteiger partial charge in [0, 0.05) is 16.9 Å². The number of rotatable bonds is 23. The molecule has 0 saturated heterocycles. The number of benzene rings is 2. The van der Waals surface area contributed by atoms with Crippen LogP contribution in [0.25, 0.3) is 0 Å². The van der Waals surface area contributed by atoms with Crippen molar-refractivity contribution < 1.29 is 38.5 Å². The summed E-state index contributed by atoms with van der Waals surface area (Å²) in [7, 11) is 6.05. The number of ether oxygens (including phenoxy) is 6. The van der Waals surface area contributed by atoms with Gasteiger partial charge >= 0.3 is 0 Å². The Labute approximate surface area is 273 Å². The molecule has 0 bridgehead atoms. The van der Waals surface area contributed by atoms with Crippen LogP contribution in [0.4, 0.5) is 0 Å². The smallest absolute Gasteiger partial charge is 0.242 e. The maximum atomic E-state index is 12.2. The average molecular weight is 645 g/mol. The molecule has 0 radical (unpaired) electrons. The molecule has 46 heavy (non-hydrogen) atoms. The van der Waals surface area contributed by atoms with Crippen molar-refractivity contribution in [1.82, 2.24) is 0 Å². The molecule has 0 aliphatic carbocycles. The largest absolute Gasteiger partial charge is 0.493 e. The Kier molecular flexibility index (Phi) is 16.3. The van der Waals surface area contributed by atoms with Gasteiger partial charge in [0.15, 0.2) is 23.0 Å². The Hall–Kier alpha value is -3.91. The van der Waals surface area contributed by atoms with Gasteiger partial charge in [-0.1, -0.05) is 52.5 Å². The van der Waals surface area contributed by atoms with Gasteiger partial charge in [0.05, 0.1) is 53.1 Å². The van der Waals surface area contributed by atoms with Crippen molar-refractivity contribution in [3.05, 3.63) is 45.5 Å². The first kappa shape index (κ1) is 38.3. The summed E-state index contributed by atoms with van der Waals surface area (Å²) in [6.07, 6.45) is 4.79. The highest BCUT2D eigenvalue weighted by molar-refractivity contribution is 5.65. The highest BCUT2D eigenvalue weighted by Gasteiger charge is 2.40. The first-order valence-corrected chi connectivity index (χ1v) is 16.2. The van der Waals surface area contributed by atoms with Crippen molar-refractivity contribution in [2.45, 2.75) is 103 Å². The second kappa shape index (κ2) is 19.6. The standard InChI is InChI=1S/C35H52N2O9/c1-8-11-13-19-45-31-23-26(32(46-20-14-12-9-2)34(44-7)33(31)43-6)35(10-3,24-36)18-17-28(38)27(37(39)40)21-25-15-16-29(41-4)30(22-25)42-5/h15-16,22-23,27-28,38H,8-14,17-21H2,1-7H3. The minimum atomic E-state index is -1.33. The Bertz CT molecular complexity index is 1280. The molecule has 0 heterocycles. The van der Waals surface area contributed by atoms with Crippen LogP contribution < -0.4 is 28.4 Å².